The number of phenols is 1. The Kier molecular flexibility index (Phi) is 5.18. The highest BCUT2D eigenvalue weighted by Crippen LogP contribution is 2.37. The van der Waals surface area contributed by atoms with Gasteiger partial charge in [-0.3, -0.25) is 9.69 Å². The van der Waals surface area contributed by atoms with Gasteiger partial charge in [0, 0.05) is 6.61 Å². The molecule has 3 rings (SSSR count). The van der Waals surface area contributed by atoms with Gasteiger partial charge in [0.25, 0.3) is 5.91 Å². The van der Waals surface area contributed by atoms with Crippen LogP contribution in [0.5, 0.6) is 5.75 Å². The molecule has 2 aliphatic heterocycles. The molecular formula is C15H13Cl2NO3S2. The largest absolute Gasteiger partial charge is 0.505 e. The summed E-state index contributed by atoms with van der Waals surface area (Å²) in [5.74, 6) is -0.313. The van der Waals surface area contributed by atoms with E-state index in [4.69, 9.17) is 40.2 Å². The Bertz CT molecular complexity index is 679. The molecule has 2 aliphatic rings. The molecule has 2 saturated heterocycles. The van der Waals surface area contributed by atoms with E-state index in [2.05, 4.69) is 0 Å². The zero-order chi connectivity index (χ0) is 16.6. The van der Waals surface area contributed by atoms with Crippen LogP contribution in [0.2, 0.25) is 10.0 Å². The highest BCUT2D eigenvalue weighted by molar-refractivity contribution is 8.26. The van der Waals surface area contributed by atoms with Gasteiger partial charge < -0.3 is 9.84 Å². The summed E-state index contributed by atoms with van der Waals surface area (Å²) in [4.78, 5) is 14.6. The van der Waals surface area contributed by atoms with Gasteiger partial charge in [-0.1, -0.05) is 47.2 Å². The summed E-state index contributed by atoms with van der Waals surface area (Å²) in [6.45, 7) is 1.22. The maximum atomic E-state index is 12.5. The molecule has 1 atom stereocenters. The first-order valence-corrected chi connectivity index (χ1v) is 8.99. The zero-order valence-corrected chi connectivity index (χ0v) is 15.1. The molecule has 0 aliphatic carbocycles. The Morgan fingerprint density at radius 2 is 2.13 bits per heavy atom. The maximum absolute atomic E-state index is 12.5. The fourth-order valence-electron chi connectivity index (χ4n) is 2.47. The topological polar surface area (TPSA) is 49.8 Å². The summed E-state index contributed by atoms with van der Waals surface area (Å²) in [6, 6.07) is 3.10. The van der Waals surface area contributed by atoms with Crippen molar-refractivity contribution in [1.82, 2.24) is 4.90 Å². The second-order valence-electron chi connectivity index (χ2n) is 5.26. The van der Waals surface area contributed by atoms with E-state index in [0.717, 1.165) is 19.4 Å². The van der Waals surface area contributed by atoms with Crippen molar-refractivity contribution < 1.29 is 14.6 Å². The van der Waals surface area contributed by atoms with Gasteiger partial charge in [-0.05, 0) is 36.6 Å². The summed E-state index contributed by atoms with van der Waals surface area (Å²) < 4.78 is 6.09. The van der Waals surface area contributed by atoms with Crippen LogP contribution in [0.25, 0.3) is 6.08 Å². The monoisotopic (exact) mass is 389 g/mol. The quantitative estimate of drug-likeness (QED) is 0.623. The molecule has 1 aromatic carbocycles. The Hall–Kier alpha value is -0.790. The van der Waals surface area contributed by atoms with E-state index in [9.17, 15) is 9.90 Å². The van der Waals surface area contributed by atoms with Crippen molar-refractivity contribution in [2.24, 2.45) is 0 Å². The third-order valence-corrected chi connectivity index (χ3v) is 5.57. The second kappa shape index (κ2) is 6.99. The van der Waals surface area contributed by atoms with Crippen molar-refractivity contribution in [3.63, 3.8) is 0 Å². The number of amides is 1. The number of carbonyl (C=O) groups is 1. The van der Waals surface area contributed by atoms with Crippen LogP contribution in [0.1, 0.15) is 18.4 Å². The van der Waals surface area contributed by atoms with Crippen LogP contribution in [-0.4, -0.2) is 39.5 Å². The molecule has 2 heterocycles. The number of nitrogens with zero attached hydrogens (tertiary/aromatic N) is 1. The smallest absolute Gasteiger partial charge is 0.266 e. The van der Waals surface area contributed by atoms with E-state index in [1.165, 1.54) is 11.8 Å². The first-order valence-electron chi connectivity index (χ1n) is 7.00. The van der Waals surface area contributed by atoms with Crippen LogP contribution in [-0.2, 0) is 9.53 Å². The van der Waals surface area contributed by atoms with Crippen molar-refractivity contribution >= 4 is 63.5 Å². The fourth-order valence-corrected chi connectivity index (χ4v) is 4.25. The number of aromatic hydroxyl groups is 1. The van der Waals surface area contributed by atoms with Gasteiger partial charge in [-0.15, -0.1) is 0 Å². The van der Waals surface area contributed by atoms with Crippen LogP contribution in [0.4, 0.5) is 0 Å². The summed E-state index contributed by atoms with van der Waals surface area (Å²) in [5.41, 5.74) is 0.635. The van der Waals surface area contributed by atoms with Gasteiger partial charge in [0.15, 0.2) is 5.75 Å². The minimum absolute atomic E-state index is 0.0504. The normalized spacial score (nSPS) is 23.3. The van der Waals surface area contributed by atoms with Crippen molar-refractivity contribution in [2.75, 3.05) is 13.2 Å². The molecule has 122 valence electrons. The van der Waals surface area contributed by atoms with Gasteiger partial charge in [-0.2, -0.15) is 0 Å². The number of rotatable bonds is 3. The highest BCUT2D eigenvalue weighted by atomic mass is 35.5. The lowest BCUT2D eigenvalue weighted by Crippen LogP contribution is -2.35. The fraction of sp³-hybridized carbons (Fsp3) is 0.333. The summed E-state index contributed by atoms with van der Waals surface area (Å²) in [5, 5.41) is 9.86. The Morgan fingerprint density at radius 3 is 2.74 bits per heavy atom. The first-order chi connectivity index (χ1) is 11.0. The van der Waals surface area contributed by atoms with Gasteiger partial charge in [-0.25, -0.2) is 0 Å². The summed E-state index contributed by atoms with van der Waals surface area (Å²) in [7, 11) is 0. The highest BCUT2D eigenvalue weighted by Gasteiger charge is 2.34. The van der Waals surface area contributed by atoms with Crippen LogP contribution in [0, 0.1) is 0 Å². The van der Waals surface area contributed by atoms with Crippen LogP contribution < -0.4 is 0 Å². The molecule has 1 amide bonds. The molecule has 23 heavy (non-hydrogen) atoms. The van der Waals surface area contributed by atoms with Crippen LogP contribution >= 0.6 is 47.2 Å². The molecule has 0 saturated carbocycles. The van der Waals surface area contributed by atoms with E-state index >= 15 is 0 Å². The average Bonchev–Trinajstić information content (AvgIpc) is 3.09. The van der Waals surface area contributed by atoms with Crippen molar-refractivity contribution in [3.05, 3.63) is 32.6 Å². The standard InChI is InChI=1S/C15H13Cl2NO3S2/c16-10-4-8(5-11(17)13(10)19)6-12-14(20)18(15(22)23-12)7-9-2-1-3-21-9/h4-6,9,19H,1-3,7H2/b12-6-/t9-/m1/s1. The molecule has 8 heteroatoms. The van der Waals surface area contributed by atoms with Crippen molar-refractivity contribution in [2.45, 2.75) is 18.9 Å². The van der Waals surface area contributed by atoms with E-state index in [1.54, 1.807) is 23.1 Å². The molecule has 0 radical (unpaired) electrons. The number of carbonyl (C=O) groups excluding carboxylic acids is 1. The number of hydrogen-bond donors (Lipinski definition) is 1. The maximum Gasteiger partial charge on any atom is 0.266 e. The molecule has 0 unspecified atom stereocenters. The van der Waals surface area contributed by atoms with Gasteiger partial charge >= 0.3 is 0 Å². The lowest BCUT2D eigenvalue weighted by Gasteiger charge is -2.18. The minimum atomic E-state index is -0.170. The van der Waals surface area contributed by atoms with Crippen LogP contribution in [0.3, 0.4) is 0 Å². The summed E-state index contributed by atoms with van der Waals surface area (Å²) in [6.07, 6.45) is 3.68. The first kappa shape index (κ1) is 17.0. The Morgan fingerprint density at radius 1 is 1.43 bits per heavy atom. The molecule has 1 N–H and O–H groups in total. The molecular weight excluding hydrogens is 377 g/mol. The lowest BCUT2D eigenvalue weighted by atomic mass is 10.2. The molecule has 4 nitrogen and oxygen atoms in total. The molecule has 1 aromatic rings. The number of thioether (sulfide) groups is 1. The molecule has 0 aromatic heterocycles. The van der Waals surface area contributed by atoms with Gasteiger partial charge in [0.2, 0.25) is 0 Å². The molecule has 0 bridgehead atoms. The number of benzene rings is 1. The number of phenolic OH excluding ortho intramolecular Hbond substituents is 1. The Labute approximate surface area is 153 Å². The van der Waals surface area contributed by atoms with Gasteiger partial charge in [0.05, 0.1) is 27.6 Å². The third-order valence-electron chi connectivity index (χ3n) is 3.62. The molecule has 2 fully saturated rings. The predicted octanol–water partition coefficient (Wildman–Crippen LogP) is 4.08. The van der Waals surface area contributed by atoms with E-state index < -0.39 is 0 Å². The predicted molar refractivity (Wildman–Crippen MR) is 97.0 cm³/mol. The average molecular weight is 390 g/mol. The zero-order valence-electron chi connectivity index (χ0n) is 11.9. The number of ether oxygens (including phenoxy) is 1. The second-order valence-corrected chi connectivity index (χ2v) is 7.75. The number of hydrogen-bond acceptors (Lipinski definition) is 5. The number of halogens is 2. The lowest BCUT2D eigenvalue weighted by molar-refractivity contribution is -0.123. The van der Waals surface area contributed by atoms with Crippen molar-refractivity contribution in [3.8, 4) is 5.75 Å². The van der Waals surface area contributed by atoms with E-state index in [1.807, 2.05) is 0 Å². The summed E-state index contributed by atoms with van der Waals surface area (Å²) >= 11 is 18.3. The SMILES string of the molecule is O=C1/C(=C/c2cc(Cl)c(O)c(Cl)c2)SC(=S)N1C[C@H]1CCCO1. The minimum Gasteiger partial charge on any atom is -0.505 e. The van der Waals surface area contributed by atoms with Crippen molar-refractivity contribution in [1.29, 1.82) is 0 Å². The van der Waals surface area contributed by atoms with Crippen LogP contribution in [0.15, 0.2) is 17.0 Å². The Balaban J connectivity index is 1.81. The van der Waals surface area contributed by atoms with E-state index in [0.29, 0.717) is 21.3 Å². The molecule has 0 spiro atoms. The van der Waals surface area contributed by atoms with E-state index in [-0.39, 0.29) is 27.8 Å². The third kappa shape index (κ3) is 3.67. The van der Waals surface area contributed by atoms with Gasteiger partial charge in [0.1, 0.15) is 4.32 Å². The number of thiocarbonyl (C=S) groups is 1.